The SMILES string of the molecule is Cc1cc(C)cc(NC(=O)CCC2C(=O)NNC2=O)c1. The van der Waals surface area contributed by atoms with Crippen LogP contribution in [0.4, 0.5) is 5.69 Å². The van der Waals surface area contributed by atoms with Crippen LogP contribution in [0.15, 0.2) is 18.2 Å². The molecule has 0 unspecified atom stereocenters. The van der Waals surface area contributed by atoms with Gasteiger partial charge in [-0.2, -0.15) is 0 Å². The van der Waals surface area contributed by atoms with Crippen LogP contribution in [0.3, 0.4) is 0 Å². The number of carbonyl (C=O) groups is 3. The van der Waals surface area contributed by atoms with Crippen molar-refractivity contribution in [2.45, 2.75) is 26.7 Å². The van der Waals surface area contributed by atoms with Crippen LogP contribution in [0.25, 0.3) is 0 Å². The van der Waals surface area contributed by atoms with Crippen molar-refractivity contribution in [3.05, 3.63) is 29.3 Å². The third-order valence-corrected chi connectivity index (χ3v) is 3.11. The lowest BCUT2D eigenvalue weighted by atomic mass is 10.0. The van der Waals surface area contributed by atoms with Crippen LogP contribution >= 0.6 is 0 Å². The largest absolute Gasteiger partial charge is 0.326 e. The maximum atomic E-state index is 11.8. The molecule has 3 N–H and O–H groups in total. The van der Waals surface area contributed by atoms with Crippen LogP contribution in [0, 0.1) is 19.8 Å². The van der Waals surface area contributed by atoms with E-state index in [-0.39, 0.29) is 30.6 Å². The van der Waals surface area contributed by atoms with Gasteiger partial charge in [-0.1, -0.05) is 6.07 Å². The maximum Gasteiger partial charge on any atom is 0.251 e. The molecular formula is C14H17N3O3. The summed E-state index contributed by atoms with van der Waals surface area (Å²) in [6.45, 7) is 3.91. The molecule has 0 bridgehead atoms. The molecule has 106 valence electrons. The molecule has 1 aromatic rings. The van der Waals surface area contributed by atoms with Crippen molar-refractivity contribution in [1.29, 1.82) is 0 Å². The van der Waals surface area contributed by atoms with E-state index in [9.17, 15) is 14.4 Å². The zero-order valence-electron chi connectivity index (χ0n) is 11.4. The van der Waals surface area contributed by atoms with Gasteiger partial charge in [-0.05, 0) is 43.5 Å². The highest BCUT2D eigenvalue weighted by molar-refractivity contribution is 6.05. The predicted octanol–water partition coefficient (Wildman–Crippen LogP) is 0.799. The molecule has 0 saturated carbocycles. The Balaban J connectivity index is 1.89. The minimum absolute atomic E-state index is 0.124. The fraction of sp³-hybridized carbons (Fsp3) is 0.357. The number of carbonyl (C=O) groups excluding carboxylic acids is 3. The first-order chi connectivity index (χ1) is 9.45. The molecular weight excluding hydrogens is 258 g/mol. The first kappa shape index (κ1) is 14.0. The van der Waals surface area contributed by atoms with Crippen molar-refractivity contribution in [2.75, 3.05) is 5.32 Å². The number of aryl methyl sites for hydroxylation is 2. The van der Waals surface area contributed by atoms with E-state index in [1.54, 1.807) is 0 Å². The maximum absolute atomic E-state index is 11.8. The van der Waals surface area contributed by atoms with Crippen molar-refractivity contribution in [3.63, 3.8) is 0 Å². The molecule has 2 rings (SSSR count). The fourth-order valence-corrected chi connectivity index (χ4v) is 2.22. The quantitative estimate of drug-likeness (QED) is 0.710. The molecule has 6 nitrogen and oxygen atoms in total. The van der Waals surface area contributed by atoms with E-state index < -0.39 is 5.92 Å². The Labute approximate surface area is 116 Å². The van der Waals surface area contributed by atoms with Gasteiger partial charge in [0.1, 0.15) is 5.92 Å². The molecule has 1 aromatic carbocycles. The molecule has 20 heavy (non-hydrogen) atoms. The lowest BCUT2D eigenvalue weighted by Crippen LogP contribution is -2.28. The van der Waals surface area contributed by atoms with Gasteiger partial charge in [-0.3, -0.25) is 25.2 Å². The van der Waals surface area contributed by atoms with Crippen LogP contribution < -0.4 is 16.2 Å². The van der Waals surface area contributed by atoms with E-state index in [0.717, 1.165) is 16.8 Å². The molecule has 1 heterocycles. The molecule has 3 amide bonds. The van der Waals surface area contributed by atoms with E-state index in [2.05, 4.69) is 16.2 Å². The normalized spacial score (nSPS) is 14.9. The van der Waals surface area contributed by atoms with Crippen LogP contribution in [-0.2, 0) is 14.4 Å². The summed E-state index contributed by atoms with van der Waals surface area (Å²) < 4.78 is 0. The zero-order valence-corrected chi connectivity index (χ0v) is 11.4. The van der Waals surface area contributed by atoms with E-state index in [1.165, 1.54) is 0 Å². The number of amides is 3. The Morgan fingerprint density at radius 3 is 2.20 bits per heavy atom. The second-order valence-corrected chi connectivity index (χ2v) is 4.99. The van der Waals surface area contributed by atoms with E-state index in [4.69, 9.17) is 0 Å². The van der Waals surface area contributed by atoms with Gasteiger partial charge < -0.3 is 5.32 Å². The van der Waals surface area contributed by atoms with Gasteiger partial charge in [-0.25, -0.2) is 0 Å². The Morgan fingerprint density at radius 1 is 1.10 bits per heavy atom. The summed E-state index contributed by atoms with van der Waals surface area (Å²) in [5.41, 5.74) is 7.33. The van der Waals surface area contributed by atoms with E-state index >= 15 is 0 Å². The third kappa shape index (κ3) is 3.34. The van der Waals surface area contributed by atoms with Gasteiger partial charge in [-0.15, -0.1) is 0 Å². The van der Waals surface area contributed by atoms with Crippen LogP contribution in [-0.4, -0.2) is 17.7 Å². The molecule has 6 heteroatoms. The molecule has 1 aliphatic heterocycles. The van der Waals surface area contributed by atoms with E-state index in [1.807, 2.05) is 32.0 Å². The molecule has 1 aliphatic rings. The van der Waals surface area contributed by atoms with Crippen molar-refractivity contribution >= 4 is 23.4 Å². The standard InChI is InChI=1S/C14H17N3O3/c1-8-5-9(2)7-10(6-8)15-12(18)4-3-11-13(19)16-17-14(11)20/h5-7,11H,3-4H2,1-2H3,(H,15,18)(H,16,19)(H,17,20). The van der Waals surface area contributed by atoms with Gasteiger partial charge >= 0.3 is 0 Å². The molecule has 0 radical (unpaired) electrons. The van der Waals surface area contributed by atoms with Gasteiger partial charge in [0.05, 0.1) is 0 Å². The summed E-state index contributed by atoms with van der Waals surface area (Å²) >= 11 is 0. The first-order valence-electron chi connectivity index (χ1n) is 6.43. The number of hydrogen-bond donors (Lipinski definition) is 3. The Hall–Kier alpha value is -2.37. The second-order valence-electron chi connectivity index (χ2n) is 4.99. The van der Waals surface area contributed by atoms with E-state index in [0.29, 0.717) is 0 Å². The number of benzene rings is 1. The van der Waals surface area contributed by atoms with Crippen LogP contribution in [0.2, 0.25) is 0 Å². The average Bonchev–Trinajstić information content (AvgIpc) is 2.65. The van der Waals surface area contributed by atoms with Crippen molar-refractivity contribution < 1.29 is 14.4 Å². The minimum Gasteiger partial charge on any atom is -0.326 e. The van der Waals surface area contributed by atoms with Crippen molar-refractivity contribution in [1.82, 2.24) is 10.9 Å². The van der Waals surface area contributed by atoms with Gasteiger partial charge in [0.25, 0.3) is 11.8 Å². The van der Waals surface area contributed by atoms with Gasteiger partial charge in [0.2, 0.25) is 5.91 Å². The number of nitrogens with one attached hydrogen (secondary N) is 3. The first-order valence-corrected chi connectivity index (χ1v) is 6.43. The summed E-state index contributed by atoms with van der Waals surface area (Å²) in [4.78, 5) is 34.5. The van der Waals surface area contributed by atoms with Crippen molar-refractivity contribution in [2.24, 2.45) is 5.92 Å². The predicted molar refractivity (Wildman–Crippen MR) is 73.6 cm³/mol. The van der Waals surface area contributed by atoms with Gasteiger partial charge in [0, 0.05) is 12.1 Å². The highest BCUT2D eigenvalue weighted by atomic mass is 16.2. The van der Waals surface area contributed by atoms with Crippen LogP contribution in [0.1, 0.15) is 24.0 Å². The smallest absolute Gasteiger partial charge is 0.251 e. The lowest BCUT2D eigenvalue weighted by Gasteiger charge is -2.08. The van der Waals surface area contributed by atoms with Crippen molar-refractivity contribution in [3.8, 4) is 0 Å². The minimum atomic E-state index is -0.778. The fourth-order valence-electron chi connectivity index (χ4n) is 2.22. The Kier molecular flexibility index (Phi) is 4.02. The highest BCUT2D eigenvalue weighted by Crippen LogP contribution is 2.15. The van der Waals surface area contributed by atoms with Gasteiger partial charge in [0.15, 0.2) is 0 Å². The Bertz CT molecular complexity index is 533. The summed E-state index contributed by atoms with van der Waals surface area (Å²) in [7, 11) is 0. The van der Waals surface area contributed by atoms with Crippen LogP contribution in [0.5, 0.6) is 0 Å². The number of anilines is 1. The summed E-state index contributed by atoms with van der Waals surface area (Å²) in [6.07, 6.45) is 0.326. The molecule has 0 aliphatic carbocycles. The number of hydrogen-bond acceptors (Lipinski definition) is 3. The summed E-state index contributed by atoms with van der Waals surface area (Å²) in [5.74, 6) is -1.74. The summed E-state index contributed by atoms with van der Waals surface area (Å²) in [6, 6.07) is 5.77. The monoisotopic (exact) mass is 275 g/mol. The molecule has 1 fully saturated rings. The number of hydrazine groups is 1. The topological polar surface area (TPSA) is 87.3 Å². The molecule has 1 saturated heterocycles. The summed E-state index contributed by atoms with van der Waals surface area (Å²) in [5, 5.41) is 2.77. The molecule has 0 spiro atoms. The zero-order chi connectivity index (χ0) is 14.7. The lowest BCUT2D eigenvalue weighted by molar-refractivity contribution is -0.128. The molecule has 0 atom stereocenters. The highest BCUT2D eigenvalue weighted by Gasteiger charge is 2.32. The molecule has 0 aromatic heterocycles. The Morgan fingerprint density at radius 2 is 1.65 bits per heavy atom. The number of rotatable bonds is 4. The third-order valence-electron chi connectivity index (χ3n) is 3.11. The second kappa shape index (κ2) is 5.73. The average molecular weight is 275 g/mol.